The van der Waals surface area contributed by atoms with Gasteiger partial charge >= 0.3 is 0 Å². The maximum atomic E-state index is 2.36. The molecule has 0 saturated heterocycles. The van der Waals surface area contributed by atoms with Gasteiger partial charge in [0.2, 0.25) is 11.2 Å². The van der Waals surface area contributed by atoms with Crippen LogP contribution in [-0.2, 0) is 13.5 Å². The van der Waals surface area contributed by atoms with E-state index in [0.29, 0.717) is 5.41 Å². The lowest BCUT2D eigenvalue weighted by Crippen LogP contribution is -2.32. The Morgan fingerprint density at radius 3 is 2.29 bits per heavy atom. The third kappa shape index (κ3) is 3.36. The summed E-state index contributed by atoms with van der Waals surface area (Å²) >= 11 is 0. The molecule has 0 atom stereocenters. The van der Waals surface area contributed by atoms with E-state index in [2.05, 4.69) is 94.8 Å². The number of nitrogens with zero attached hydrogens (tertiary/aromatic N) is 1. The minimum absolute atomic E-state index is 0.303. The summed E-state index contributed by atoms with van der Waals surface area (Å²) in [7, 11) is 2.18. The fourth-order valence-corrected chi connectivity index (χ4v) is 3.44. The predicted molar refractivity (Wildman–Crippen MR) is 103 cm³/mol. The number of aryl methyl sites for hydroxylation is 3. The van der Waals surface area contributed by atoms with Gasteiger partial charge in [0.25, 0.3) is 0 Å². The first-order chi connectivity index (χ1) is 11.2. The molecule has 1 aromatic heterocycles. The van der Waals surface area contributed by atoms with Crippen LogP contribution in [0, 0.1) is 19.3 Å². The quantitative estimate of drug-likeness (QED) is 0.546. The van der Waals surface area contributed by atoms with E-state index < -0.39 is 0 Å². The molecule has 0 fully saturated rings. The van der Waals surface area contributed by atoms with Gasteiger partial charge < -0.3 is 0 Å². The zero-order chi connectivity index (χ0) is 17.5. The van der Waals surface area contributed by atoms with Crippen molar-refractivity contribution < 1.29 is 4.57 Å². The van der Waals surface area contributed by atoms with Crippen LogP contribution < -0.4 is 4.57 Å². The Kier molecular flexibility index (Phi) is 4.21. The number of hydrogen-bond acceptors (Lipinski definition) is 0. The van der Waals surface area contributed by atoms with Crippen LogP contribution in [0.15, 0.2) is 48.5 Å². The zero-order valence-electron chi connectivity index (χ0n) is 15.8. The van der Waals surface area contributed by atoms with Crippen LogP contribution >= 0.6 is 0 Å². The third-order valence-corrected chi connectivity index (χ3v) is 4.64. The van der Waals surface area contributed by atoms with E-state index in [1.54, 1.807) is 0 Å². The molecule has 1 nitrogen and oxygen atoms in total. The van der Waals surface area contributed by atoms with Crippen LogP contribution in [0.4, 0.5) is 0 Å². The minimum atomic E-state index is 0.303. The molecule has 0 saturated carbocycles. The van der Waals surface area contributed by atoms with Crippen molar-refractivity contribution in [1.29, 1.82) is 0 Å². The molecular weight excluding hydrogens is 290 g/mol. The van der Waals surface area contributed by atoms with Gasteiger partial charge in [-0.15, -0.1) is 0 Å². The summed E-state index contributed by atoms with van der Waals surface area (Å²) < 4.78 is 2.34. The van der Waals surface area contributed by atoms with E-state index in [-0.39, 0.29) is 0 Å². The first-order valence-corrected chi connectivity index (χ1v) is 8.74. The number of benzene rings is 2. The predicted octanol–water partition coefficient (Wildman–Crippen LogP) is 5.54. The Bertz CT molecular complexity index is 898. The number of pyridine rings is 1. The van der Waals surface area contributed by atoms with E-state index in [1.165, 1.54) is 38.9 Å². The lowest BCUT2D eigenvalue weighted by molar-refractivity contribution is -0.633. The van der Waals surface area contributed by atoms with Gasteiger partial charge in [0, 0.05) is 23.1 Å². The number of rotatable bonds is 2. The van der Waals surface area contributed by atoms with Gasteiger partial charge in [-0.1, -0.05) is 44.5 Å². The Morgan fingerprint density at radius 2 is 1.58 bits per heavy atom. The lowest BCUT2D eigenvalue weighted by Gasteiger charge is -2.18. The fourth-order valence-electron chi connectivity index (χ4n) is 3.44. The van der Waals surface area contributed by atoms with Gasteiger partial charge in [-0.25, -0.2) is 0 Å². The molecule has 24 heavy (non-hydrogen) atoms. The van der Waals surface area contributed by atoms with E-state index >= 15 is 0 Å². The van der Waals surface area contributed by atoms with Gasteiger partial charge in [-0.05, 0) is 55.0 Å². The Hall–Kier alpha value is -2.15. The van der Waals surface area contributed by atoms with Gasteiger partial charge in [0.15, 0.2) is 0 Å². The van der Waals surface area contributed by atoms with Crippen LogP contribution in [0.1, 0.15) is 37.5 Å². The lowest BCUT2D eigenvalue weighted by atomic mass is 9.88. The molecule has 3 rings (SSSR count). The molecule has 0 amide bonds. The molecule has 1 heterocycles. The summed E-state index contributed by atoms with van der Waals surface area (Å²) in [6.45, 7) is 11.2. The third-order valence-electron chi connectivity index (χ3n) is 4.64. The van der Waals surface area contributed by atoms with Crippen LogP contribution in [0.5, 0.6) is 0 Å². The Labute approximate surface area is 146 Å². The first-order valence-electron chi connectivity index (χ1n) is 8.74. The van der Waals surface area contributed by atoms with Crippen LogP contribution in [0.2, 0.25) is 0 Å². The standard InChI is InChI=1S/C23H28N/c1-16-7-8-17(2)20(13-16)21-12-11-19-10-9-18(15-23(3,4)5)14-22(19)24(21)6/h7-14H,15H2,1-6H3/q+1. The van der Waals surface area contributed by atoms with Gasteiger partial charge in [0.1, 0.15) is 7.05 Å². The average Bonchev–Trinajstić information content (AvgIpc) is 2.49. The maximum Gasteiger partial charge on any atom is 0.213 e. The van der Waals surface area contributed by atoms with E-state index in [9.17, 15) is 0 Å². The summed E-state index contributed by atoms with van der Waals surface area (Å²) in [4.78, 5) is 0. The number of aromatic nitrogens is 1. The van der Waals surface area contributed by atoms with Crippen molar-refractivity contribution in [3.8, 4) is 11.3 Å². The van der Waals surface area contributed by atoms with Crippen molar-refractivity contribution in [2.24, 2.45) is 12.5 Å². The molecule has 0 aliphatic carbocycles. The second kappa shape index (κ2) is 6.05. The molecule has 1 heteroatoms. The summed E-state index contributed by atoms with van der Waals surface area (Å²) in [6, 6.07) is 18.0. The van der Waals surface area contributed by atoms with E-state index in [4.69, 9.17) is 0 Å². The van der Waals surface area contributed by atoms with E-state index in [1.807, 2.05) is 0 Å². The smallest absolute Gasteiger partial charge is 0.194 e. The summed E-state index contributed by atoms with van der Waals surface area (Å²) in [5.74, 6) is 0. The monoisotopic (exact) mass is 318 g/mol. The van der Waals surface area contributed by atoms with Gasteiger partial charge in [-0.3, -0.25) is 0 Å². The molecule has 0 unspecified atom stereocenters. The van der Waals surface area contributed by atoms with Crippen LogP contribution in [0.25, 0.3) is 22.2 Å². The average molecular weight is 318 g/mol. The first kappa shape index (κ1) is 16.7. The van der Waals surface area contributed by atoms with Crippen molar-refractivity contribution in [2.45, 2.75) is 41.0 Å². The molecule has 0 spiro atoms. The van der Waals surface area contributed by atoms with Crippen molar-refractivity contribution in [2.75, 3.05) is 0 Å². The summed E-state index contributed by atoms with van der Waals surface area (Å²) in [6.07, 6.45) is 1.09. The molecule has 2 aromatic carbocycles. The highest BCUT2D eigenvalue weighted by Gasteiger charge is 2.18. The second-order valence-corrected chi connectivity index (χ2v) is 8.23. The summed E-state index contributed by atoms with van der Waals surface area (Å²) in [5, 5.41) is 1.30. The topological polar surface area (TPSA) is 3.88 Å². The largest absolute Gasteiger partial charge is 0.213 e. The summed E-state index contributed by atoms with van der Waals surface area (Å²) in [5.41, 5.74) is 8.23. The molecule has 3 aromatic rings. The Morgan fingerprint density at radius 1 is 0.875 bits per heavy atom. The highest BCUT2D eigenvalue weighted by Crippen LogP contribution is 2.26. The highest BCUT2D eigenvalue weighted by atomic mass is 14.9. The fraction of sp³-hybridized carbons (Fsp3) is 0.348. The zero-order valence-corrected chi connectivity index (χ0v) is 15.8. The van der Waals surface area contributed by atoms with E-state index in [0.717, 1.165) is 6.42 Å². The van der Waals surface area contributed by atoms with Crippen molar-refractivity contribution in [1.82, 2.24) is 0 Å². The van der Waals surface area contributed by atoms with Crippen LogP contribution in [-0.4, -0.2) is 0 Å². The molecule has 0 N–H and O–H groups in total. The Balaban J connectivity index is 2.17. The molecule has 0 aliphatic heterocycles. The van der Waals surface area contributed by atoms with Crippen molar-refractivity contribution in [3.63, 3.8) is 0 Å². The molecule has 0 bridgehead atoms. The molecule has 0 aliphatic rings. The second-order valence-electron chi connectivity index (χ2n) is 8.23. The van der Waals surface area contributed by atoms with Gasteiger partial charge in [0.05, 0.1) is 0 Å². The SMILES string of the molecule is Cc1ccc(C)c(-c2ccc3ccc(CC(C)(C)C)cc3[n+]2C)c1. The van der Waals surface area contributed by atoms with Crippen molar-refractivity contribution in [3.05, 3.63) is 65.2 Å². The van der Waals surface area contributed by atoms with Crippen molar-refractivity contribution >= 4 is 10.9 Å². The molecule has 0 radical (unpaired) electrons. The highest BCUT2D eigenvalue weighted by molar-refractivity contribution is 5.78. The maximum absolute atomic E-state index is 2.36. The molecular formula is C23H28N+. The molecule has 124 valence electrons. The van der Waals surface area contributed by atoms with Gasteiger partial charge in [-0.2, -0.15) is 4.57 Å². The number of fused-ring (bicyclic) bond motifs is 1. The number of hydrogen-bond donors (Lipinski definition) is 0. The normalized spacial score (nSPS) is 11.9. The minimum Gasteiger partial charge on any atom is -0.194 e. The van der Waals surface area contributed by atoms with Crippen LogP contribution in [0.3, 0.4) is 0 Å².